The molecule has 0 spiro atoms. The quantitative estimate of drug-likeness (QED) is 0.911. The molecule has 1 fully saturated rings. The molecule has 2 amide bonds. The first-order chi connectivity index (χ1) is 11.6. The number of rotatable bonds is 3. The van der Waals surface area contributed by atoms with E-state index >= 15 is 0 Å². The summed E-state index contributed by atoms with van der Waals surface area (Å²) in [4.78, 5) is 40.1. The van der Waals surface area contributed by atoms with Crippen LogP contribution < -0.4 is 5.32 Å². The molecule has 2 aromatic heterocycles. The minimum atomic E-state index is -1.15. The first kappa shape index (κ1) is 16.0. The molecule has 3 rings (SSSR count). The second-order valence-electron chi connectivity index (χ2n) is 5.76. The Morgan fingerprint density at radius 2 is 2.08 bits per heavy atom. The number of carbonyl (C=O) groups is 2. The number of hydrogen-bond donors (Lipinski definition) is 1. The molecule has 0 bridgehead atoms. The molecular weight excluding hydrogens is 306 g/mol. The molecule has 0 saturated carbocycles. The van der Waals surface area contributed by atoms with Crippen molar-refractivity contribution in [2.75, 3.05) is 13.6 Å². The lowest BCUT2D eigenvalue weighted by atomic mass is 9.90. The van der Waals surface area contributed by atoms with Crippen molar-refractivity contribution in [3.63, 3.8) is 0 Å². The molecule has 0 radical (unpaired) electrons. The van der Waals surface area contributed by atoms with Gasteiger partial charge in [-0.1, -0.05) is 6.07 Å². The predicted molar refractivity (Wildman–Crippen MR) is 87.0 cm³/mol. The van der Waals surface area contributed by atoms with Gasteiger partial charge in [0.15, 0.2) is 5.54 Å². The molecule has 1 aliphatic heterocycles. The number of aryl methyl sites for hydroxylation is 1. The van der Waals surface area contributed by atoms with Crippen molar-refractivity contribution >= 4 is 11.8 Å². The molecule has 1 aliphatic rings. The van der Waals surface area contributed by atoms with Gasteiger partial charge in [-0.3, -0.25) is 24.5 Å². The molecule has 0 unspecified atom stereocenters. The van der Waals surface area contributed by atoms with Gasteiger partial charge in [-0.25, -0.2) is 0 Å². The van der Waals surface area contributed by atoms with E-state index < -0.39 is 5.54 Å². The Morgan fingerprint density at radius 3 is 2.75 bits per heavy atom. The summed E-state index contributed by atoms with van der Waals surface area (Å²) in [6, 6.07) is 3.62. The van der Waals surface area contributed by atoms with E-state index in [1.54, 1.807) is 36.6 Å². The maximum absolute atomic E-state index is 13.1. The van der Waals surface area contributed by atoms with Crippen LogP contribution in [0.2, 0.25) is 0 Å². The third kappa shape index (κ3) is 2.42. The largest absolute Gasteiger partial charge is 0.357 e. The zero-order chi connectivity index (χ0) is 17.2. The number of carbonyl (C=O) groups excluding carboxylic acids is 2. The van der Waals surface area contributed by atoms with Crippen molar-refractivity contribution in [2.24, 2.45) is 0 Å². The Labute approximate surface area is 140 Å². The number of nitrogens with one attached hydrogen (secondary N) is 1. The van der Waals surface area contributed by atoms with Gasteiger partial charge in [0.25, 0.3) is 11.8 Å². The highest BCUT2D eigenvalue weighted by Crippen LogP contribution is 2.39. The van der Waals surface area contributed by atoms with E-state index in [2.05, 4.69) is 20.3 Å². The predicted octanol–water partition coefficient (Wildman–Crippen LogP) is 1.06. The van der Waals surface area contributed by atoms with E-state index in [4.69, 9.17) is 0 Å². The first-order valence-electron chi connectivity index (χ1n) is 7.83. The summed E-state index contributed by atoms with van der Waals surface area (Å²) in [7, 11) is 1.56. The van der Waals surface area contributed by atoms with Crippen LogP contribution in [0.5, 0.6) is 0 Å². The number of pyridine rings is 1. The molecule has 7 heteroatoms. The third-order valence-electron chi connectivity index (χ3n) is 4.43. The van der Waals surface area contributed by atoms with E-state index in [9.17, 15) is 9.59 Å². The van der Waals surface area contributed by atoms with Gasteiger partial charge in [-0.2, -0.15) is 0 Å². The summed E-state index contributed by atoms with van der Waals surface area (Å²) in [6.45, 7) is 2.30. The van der Waals surface area contributed by atoms with Crippen molar-refractivity contribution in [3.8, 4) is 0 Å². The van der Waals surface area contributed by atoms with Crippen LogP contribution in [0.3, 0.4) is 0 Å². The molecule has 1 N–H and O–H groups in total. The highest BCUT2D eigenvalue weighted by molar-refractivity contribution is 5.99. The molecule has 0 aliphatic carbocycles. The molecule has 24 heavy (non-hydrogen) atoms. The number of nitrogens with zero attached hydrogens (tertiary/aromatic N) is 4. The summed E-state index contributed by atoms with van der Waals surface area (Å²) in [5.41, 5.74) is 0.462. The average molecular weight is 325 g/mol. The Bertz CT molecular complexity index is 765. The third-order valence-corrected chi connectivity index (χ3v) is 4.43. The zero-order valence-electron chi connectivity index (χ0n) is 13.7. The second-order valence-corrected chi connectivity index (χ2v) is 5.76. The SMILES string of the molecule is CNC(=O)[C@@]1(c2cnccn2)CCCN1C(=O)c1ncccc1C. The van der Waals surface area contributed by atoms with Gasteiger partial charge in [0.1, 0.15) is 5.69 Å². The van der Waals surface area contributed by atoms with Crippen LogP contribution in [0.4, 0.5) is 0 Å². The van der Waals surface area contributed by atoms with Crippen LogP contribution >= 0.6 is 0 Å². The van der Waals surface area contributed by atoms with Crippen molar-refractivity contribution < 1.29 is 9.59 Å². The lowest BCUT2D eigenvalue weighted by Crippen LogP contribution is -2.55. The van der Waals surface area contributed by atoms with Gasteiger partial charge in [0.05, 0.1) is 11.9 Å². The van der Waals surface area contributed by atoms with Crippen LogP contribution in [0.25, 0.3) is 0 Å². The second kappa shape index (κ2) is 6.35. The molecule has 124 valence electrons. The highest BCUT2D eigenvalue weighted by atomic mass is 16.2. The molecule has 7 nitrogen and oxygen atoms in total. The molecular formula is C17H19N5O2. The van der Waals surface area contributed by atoms with Crippen LogP contribution in [-0.2, 0) is 10.3 Å². The van der Waals surface area contributed by atoms with Gasteiger partial charge in [-0.15, -0.1) is 0 Å². The smallest absolute Gasteiger partial charge is 0.273 e. The van der Waals surface area contributed by atoms with Crippen molar-refractivity contribution in [2.45, 2.75) is 25.3 Å². The fourth-order valence-electron chi connectivity index (χ4n) is 3.27. The maximum Gasteiger partial charge on any atom is 0.273 e. The van der Waals surface area contributed by atoms with Crippen LogP contribution in [0.1, 0.15) is 34.6 Å². The summed E-state index contributed by atoms with van der Waals surface area (Å²) >= 11 is 0. The topological polar surface area (TPSA) is 88.1 Å². The summed E-state index contributed by atoms with van der Waals surface area (Å²) in [5.74, 6) is -0.526. The summed E-state index contributed by atoms with van der Waals surface area (Å²) in [5, 5.41) is 2.68. The van der Waals surface area contributed by atoms with Crippen LogP contribution in [0.15, 0.2) is 36.9 Å². The molecule has 0 aromatic carbocycles. The van der Waals surface area contributed by atoms with Crippen molar-refractivity contribution in [1.82, 2.24) is 25.2 Å². The fourth-order valence-corrected chi connectivity index (χ4v) is 3.27. The van der Waals surface area contributed by atoms with Gasteiger partial charge in [0, 0.05) is 32.2 Å². The Balaban J connectivity index is 2.10. The van der Waals surface area contributed by atoms with Crippen LogP contribution in [0, 0.1) is 6.92 Å². The first-order valence-corrected chi connectivity index (χ1v) is 7.83. The van der Waals surface area contributed by atoms with Gasteiger partial charge in [0.2, 0.25) is 0 Å². The fraction of sp³-hybridized carbons (Fsp3) is 0.353. The van der Waals surface area contributed by atoms with E-state index in [1.807, 2.05) is 13.0 Å². The lowest BCUT2D eigenvalue weighted by Gasteiger charge is -2.36. The monoisotopic (exact) mass is 325 g/mol. The number of hydrogen-bond acceptors (Lipinski definition) is 5. The summed E-state index contributed by atoms with van der Waals surface area (Å²) in [6.07, 6.45) is 7.43. The minimum absolute atomic E-state index is 0.262. The Kier molecular flexibility index (Phi) is 4.24. The molecule has 1 saturated heterocycles. The van der Waals surface area contributed by atoms with E-state index in [0.29, 0.717) is 30.8 Å². The van der Waals surface area contributed by atoms with E-state index in [0.717, 1.165) is 5.56 Å². The number of likely N-dealkylation sites (N-methyl/N-ethyl adjacent to an activating group) is 1. The number of aromatic nitrogens is 3. The van der Waals surface area contributed by atoms with Crippen molar-refractivity contribution in [3.05, 3.63) is 53.9 Å². The molecule has 2 aromatic rings. The number of likely N-dealkylation sites (tertiary alicyclic amines) is 1. The van der Waals surface area contributed by atoms with Crippen LogP contribution in [-0.4, -0.2) is 45.3 Å². The van der Waals surface area contributed by atoms with E-state index in [1.165, 1.54) is 6.20 Å². The minimum Gasteiger partial charge on any atom is -0.357 e. The Hall–Kier alpha value is -2.83. The maximum atomic E-state index is 13.1. The lowest BCUT2D eigenvalue weighted by molar-refractivity contribution is -0.131. The number of amides is 2. The molecule has 1 atom stereocenters. The van der Waals surface area contributed by atoms with E-state index in [-0.39, 0.29) is 11.8 Å². The standard InChI is InChI=1S/C17H19N5O2/c1-12-5-3-7-21-14(12)15(23)22-10-4-6-17(22,16(24)18-2)13-11-19-8-9-20-13/h3,5,7-9,11H,4,6,10H2,1-2H3,(H,18,24)/t17-/m0/s1. The zero-order valence-corrected chi connectivity index (χ0v) is 13.7. The normalized spacial score (nSPS) is 20.0. The summed E-state index contributed by atoms with van der Waals surface area (Å²) < 4.78 is 0. The van der Waals surface area contributed by atoms with Crippen molar-refractivity contribution in [1.29, 1.82) is 0 Å². The highest BCUT2D eigenvalue weighted by Gasteiger charge is 2.52. The molecule has 3 heterocycles. The van der Waals surface area contributed by atoms with Gasteiger partial charge in [-0.05, 0) is 31.4 Å². The Morgan fingerprint density at radius 1 is 1.25 bits per heavy atom. The van der Waals surface area contributed by atoms with Gasteiger partial charge >= 0.3 is 0 Å². The van der Waals surface area contributed by atoms with Gasteiger partial charge < -0.3 is 10.2 Å². The average Bonchev–Trinajstić information content (AvgIpc) is 3.07.